The quantitative estimate of drug-likeness (QED) is 0.688. The molecule has 5 nitrogen and oxygen atoms in total. The summed E-state index contributed by atoms with van der Waals surface area (Å²) >= 11 is 0. The fraction of sp³-hybridized carbons (Fsp3) is 0.286. The van der Waals surface area contributed by atoms with Crippen molar-refractivity contribution in [3.63, 3.8) is 0 Å². The molecule has 3 aromatic rings. The van der Waals surface area contributed by atoms with Crippen LogP contribution in [-0.2, 0) is 11.2 Å². The minimum absolute atomic E-state index is 0.152. The molecule has 0 aliphatic carbocycles. The lowest BCUT2D eigenvalue weighted by atomic mass is 10.0. The molecule has 0 spiro atoms. The molecule has 1 amide bonds. The van der Waals surface area contributed by atoms with Crippen LogP contribution in [-0.4, -0.2) is 25.1 Å². The first-order valence-corrected chi connectivity index (χ1v) is 8.71. The van der Waals surface area contributed by atoms with Crippen LogP contribution < -0.4 is 14.8 Å². The molecule has 1 heterocycles. The van der Waals surface area contributed by atoms with Crippen molar-refractivity contribution in [2.24, 2.45) is 0 Å². The van der Waals surface area contributed by atoms with E-state index in [9.17, 15) is 9.18 Å². The van der Waals surface area contributed by atoms with Gasteiger partial charge in [0.15, 0.2) is 0 Å². The van der Waals surface area contributed by atoms with Gasteiger partial charge >= 0.3 is 0 Å². The van der Waals surface area contributed by atoms with E-state index in [0.29, 0.717) is 11.5 Å². The number of hydrogen-bond acceptors (Lipinski definition) is 3. The number of fused-ring (bicyclic) bond motifs is 1. The molecular weight excluding hydrogens is 347 g/mol. The third kappa shape index (κ3) is 3.89. The van der Waals surface area contributed by atoms with Gasteiger partial charge in [-0.25, -0.2) is 4.39 Å². The lowest BCUT2D eigenvalue weighted by Crippen LogP contribution is -2.28. The van der Waals surface area contributed by atoms with Crippen LogP contribution in [0.4, 0.5) is 4.39 Å². The van der Waals surface area contributed by atoms with E-state index in [1.54, 1.807) is 26.4 Å². The molecule has 0 saturated heterocycles. The van der Waals surface area contributed by atoms with Crippen LogP contribution in [0, 0.1) is 12.7 Å². The zero-order chi connectivity index (χ0) is 19.6. The molecule has 0 fully saturated rings. The second-order valence-corrected chi connectivity index (χ2v) is 6.49. The van der Waals surface area contributed by atoms with Gasteiger partial charge in [0.25, 0.3) is 0 Å². The normalized spacial score (nSPS) is 12.0. The predicted molar refractivity (Wildman–Crippen MR) is 103 cm³/mol. The first-order chi connectivity index (χ1) is 12.9. The van der Waals surface area contributed by atoms with Crippen LogP contribution in [0.3, 0.4) is 0 Å². The van der Waals surface area contributed by atoms with Crippen molar-refractivity contribution in [1.82, 2.24) is 10.3 Å². The smallest absolute Gasteiger partial charge is 0.224 e. The largest absolute Gasteiger partial charge is 0.497 e. The number of methoxy groups -OCH3 is 2. The number of aromatic amines is 1. The first-order valence-electron chi connectivity index (χ1n) is 8.71. The summed E-state index contributed by atoms with van der Waals surface area (Å²) in [5, 5.41) is 3.72. The standard InChI is InChI=1S/C21H23FN2O3/c1-12-16(18-9-14(22)5-7-19(18)23-12)11-21(25)24-13(2)17-10-15(26-3)6-8-20(17)27-4/h5-10,13,23H,11H2,1-4H3,(H,24,25). The van der Waals surface area contributed by atoms with E-state index >= 15 is 0 Å². The summed E-state index contributed by atoms with van der Waals surface area (Å²) in [6, 6.07) is 9.72. The number of rotatable bonds is 6. The van der Waals surface area contributed by atoms with Gasteiger partial charge < -0.3 is 19.8 Å². The molecule has 0 bridgehead atoms. The number of halogens is 1. The molecule has 1 unspecified atom stereocenters. The summed E-state index contributed by atoms with van der Waals surface area (Å²) in [6.45, 7) is 3.77. The molecule has 27 heavy (non-hydrogen) atoms. The van der Waals surface area contributed by atoms with Crippen molar-refractivity contribution in [3.05, 3.63) is 59.0 Å². The number of aromatic nitrogens is 1. The number of amides is 1. The molecule has 6 heteroatoms. The molecule has 1 atom stereocenters. The zero-order valence-corrected chi connectivity index (χ0v) is 15.9. The van der Waals surface area contributed by atoms with Crippen molar-refractivity contribution in [2.45, 2.75) is 26.3 Å². The summed E-state index contributed by atoms with van der Waals surface area (Å²) in [5.41, 5.74) is 3.30. The summed E-state index contributed by atoms with van der Waals surface area (Å²) < 4.78 is 24.3. The van der Waals surface area contributed by atoms with Gasteiger partial charge in [0, 0.05) is 22.2 Å². The molecule has 142 valence electrons. The Bertz CT molecular complexity index is 981. The minimum atomic E-state index is -0.322. The summed E-state index contributed by atoms with van der Waals surface area (Å²) in [5.74, 6) is 0.891. The number of carbonyl (C=O) groups excluding carboxylic acids is 1. The maximum Gasteiger partial charge on any atom is 0.224 e. The maximum absolute atomic E-state index is 13.6. The summed E-state index contributed by atoms with van der Waals surface area (Å²) in [7, 11) is 3.18. The van der Waals surface area contributed by atoms with Gasteiger partial charge in [-0.1, -0.05) is 0 Å². The van der Waals surface area contributed by atoms with E-state index in [2.05, 4.69) is 10.3 Å². The highest BCUT2D eigenvalue weighted by atomic mass is 19.1. The molecule has 0 aliphatic heterocycles. The Morgan fingerprint density at radius 1 is 1.19 bits per heavy atom. The van der Waals surface area contributed by atoms with Crippen LogP contribution >= 0.6 is 0 Å². The molecule has 2 aromatic carbocycles. The molecule has 1 aromatic heterocycles. The van der Waals surface area contributed by atoms with Gasteiger partial charge in [-0.2, -0.15) is 0 Å². The SMILES string of the molecule is COc1ccc(OC)c(C(C)NC(=O)Cc2c(C)[nH]c3ccc(F)cc23)c1. The zero-order valence-electron chi connectivity index (χ0n) is 15.9. The second kappa shape index (κ2) is 7.70. The second-order valence-electron chi connectivity index (χ2n) is 6.49. The lowest BCUT2D eigenvalue weighted by Gasteiger charge is -2.18. The monoisotopic (exact) mass is 370 g/mol. The Kier molecular flexibility index (Phi) is 5.35. The molecule has 2 N–H and O–H groups in total. The van der Waals surface area contributed by atoms with E-state index in [1.807, 2.05) is 26.0 Å². The number of aryl methyl sites for hydroxylation is 1. The topological polar surface area (TPSA) is 63.4 Å². The van der Waals surface area contributed by atoms with Gasteiger partial charge in [0.1, 0.15) is 17.3 Å². The van der Waals surface area contributed by atoms with E-state index in [0.717, 1.165) is 27.7 Å². The molecule has 0 saturated carbocycles. The van der Waals surface area contributed by atoms with Crippen LogP contribution in [0.2, 0.25) is 0 Å². The van der Waals surface area contributed by atoms with Gasteiger partial charge in [-0.3, -0.25) is 4.79 Å². The van der Waals surface area contributed by atoms with Crippen LogP contribution in [0.1, 0.15) is 29.8 Å². The number of H-pyrrole nitrogens is 1. The Balaban J connectivity index is 1.80. The van der Waals surface area contributed by atoms with Gasteiger partial charge in [0.05, 0.1) is 26.7 Å². The fourth-order valence-electron chi connectivity index (χ4n) is 3.29. The van der Waals surface area contributed by atoms with Gasteiger partial charge in [0.2, 0.25) is 5.91 Å². The third-order valence-electron chi connectivity index (χ3n) is 4.70. The summed E-state index contributed by atoms with van der Waals surface area (Å²) in [4.78, 5) is 15.8. The van der Waals surface area contributed by atoms with E-state index in [1.165, 1.54) is 12.1 Å². The highest BCUT2D eigenvalue weighted by Crippen LogP contribution is 2.29. The Morgan fingerprint density at radius 3 is 2.67 bits per heavy atom. The molecule has 0 aliphatic rings. The minimum Gasteiger partial charge on any atom is -0.497 e. The van der Waals surface area contributed by atoms with Crippen LogP contribution in [0.25, 0.3) is 10.9 Å². The Morgan fingerprint density at radius 2 is 1.96 bits per heavy atom. The number of ether oxygens (including phenoxy) is 2. The van der Waals surface area contributed by atoms with E-state index < -0.39 is 0 Å². The lowest BCUT2D eigenvalue weighted by molar-refractivity contribution is -0.121. The van der Waals surface area contributed by atoms with Gasteiger partial charge in [-0.15, -0.1) is 0 Å². The summed E-state index contributed by atoms with van der Waals surface area (Å²) in [6.07, 6.45) is 0.159. The number of nitrogens with one attached hydrogen (secondary N) is 2. The average Bonchev–Trinajstić information content (AvgIpc) is 2.95. The van der Waals surface area contributed by atoms with Crippen molar-refractivity contribution >= 4 is 16.8 Å². The van der Waals surface area contributed by atoms with E-state index in [4.69, 9.17) is 9.47 Å². The molecular formula is C21H23FN2O3. The average molecular weight is 370 g/mol. The third-order valence-corrected chi connectivity index (χ3v) is 4.70. The highest BCUT2D eigenvalue weighted by molar-refractivity contribution is 5.90. The van der Waals surface area contributed by atoms with Crippen molar-refractivity contribution in [1.29, 1.82) is 0 Å². The van der Waals surface area contributed by atoms with Crippen molar-refractivity contribution in [2.75, 3.05) is 14.2 Å². The molecule has 0 radical (unpaired) electrons. The van der Waals surface area contributed by atoms with Crippen molar-refractivity contribution < 1.29 is 18.7 Å². The Hall–Kier alpha value is -3.02. The fourth-order valence-corrected chi connectivity index (χ4v) is 3.29. The molecule has 3 rings (SSSR count). The maximum atomic E-state index is 13.6. The van der Waals surface area contributed by atoms with Crippen LogP contribution in [0.15, 0.2) is 36.4 Å². The van der Waals surface area contributed by atoms with Crippen LogP contribution in [0.5, 0.6) is 11.5 Å². The van der Waals surface area contributed by atoms with Crippen molar-refractivity contribution in [3.8, 4) is 11.5 Å². The van der Waals surface area contributed by atoms with E-state index in [-0.39, 0.29) is 24.2 Å². The predicted octanol–water partition coefficient (Wildman–Crippen LogP) is 4.05. The highest BCUT2D eigenvalue weighted by Gasteiger charge is 2.18. The number of benzene rings is 2. The first kappa shape index (κ1) is 18.8. The van der Waals surface area contributed by atoms with Gasteiger partial charge in [-0.05, 0) is 55.8 Å². The number of carbonyl (C=O) groups is 1. The number of hydrogen-bond donors (Lipinski definition) is 2. The Labute approximate surface area is 157 Å².